The molecule has 2 rings (SSSR count). The number of alkyl halides is 4. The molecule has 0 aliphatic rings. The highest BCUT2D eigenvalue weighted by molar-refractivity contribution is 9.10. The predicted molar refractivity (Wildman–Crippen MR) is 103 cm³/mol. The Morgan fingerprint density at radius 2 is 2.07 bits per heavy atom. The lowest BCUT2D eigenvalue weighted by atomic mass is 10.1. The van der Waals surface area contributed by atoms with E-state index in [-0.39, 0.29) is 12.5 Å². The molecule has 0 saturated carbocycles. The zero-order valence-corrected chi connectivity index (χ0v) is 17.6. The van der Waals surface area contributed by atoms with Gasteiger partial charge in [0.05, 0.1) is 16.8 Å². The molecular formula is C19H22BrF4N3O2. The molecule has 1 N–H and O–H groups in total. The topological polar surface area (TPSA) is 56.2 Å². The molecular weight excluding hydrogens is 458 g/mol. The average molecular weight is 480 g/mol. The van der Waals surface area contributed by atoms with Crippen LogP contribution in [-0.2, 0) is 17.9 Å². The number of ether oxygens (including phenoxy) is 1. The van der Waals surface area contributed by atoms with E-state index in [0.717, 1.165) is 15.9 Å². The minimum absolute atomic E-state index is 0.295. The second-order valence-electron chi connectivity index (χ2n) is 6.57. The first-order chi connectivity index (χ1) is 13.6. The summed E-state index contributed by atoms with van der Waals surface area (Å²) >= 11 is 3.46. The summed E-state index contributed by atoms with van der Waals surface area (Å²) in [6, 6.07) is 6.20. The molecule has 29 heavy (non-hydrogen) atoms. The number of halogens is 5. The number of amides is 1. The van der Waals surface area contributed by atoms with Gasteiger partial charge in [0.15, 0.2) is 0 Å². The lowest BCUT2D eigenvalue weighted by Crippen LogP contribution is -2.32. The van der Waals surface area contributed by atoms with Crippen LogP contribution in [0.2, 0.25) is 0 Å². The van der Waals surface area contributed by atoms with Gasteiger partial charge in [-0.2, -0.15) is 13.9 Å². The molecule has 1 amide bonds. The molecule has 160 valence electrons. The highest BCUT2D eigenvalue weighted by Crippen LogP contribution is 2.23. The lowest BCUT2D eigenvalue weighted by Gasteiger charge is -2.15. The fourth-order valence-electron chi connectivity index (χ4n) is 2.60. The van der Waals surface area contributed by atoms with E-state index in [4.69, 9.17) is 0 Å². The zero-order chi connectivity index (χ0) is 21.6. The summed E-state index contributed by atoms with van der Waals surface area (Å²) < 4.78 is 57.4. The number of benzene rings is 1. The maximum atomic E-state index is 12.9. The average Bonchev–Trinajstić information content (AvgIpc) is 2.92. The largest absolute Gasteiger partial charge is 0.370 e. The van der Waals surface area contributed by atoms with Gasteiger partial charge in [-0.25, -0.2) is 8.78 Å². The summed E-state index contributed by atoms with van der Waals surface area (Å²) in [7, 11) is 0. The SMILES string of the molecule is Cc1nn(CCCNC(=O)c2cccc(COCC(F)(F)C(F)F)c2)c(C)c1Br. The van der Waals surface area contributed by atoms with E-state index in [1.807, 2.05) is 18.5 Å². The van der Waals surface area contributed by atoms with Crippen molar-refractivity contribution in [1.82, 2.24) is 15.1 Å². The second kappa shape index (κ2) is 10.2. The van der Waals surface area contributed by atoms with E-state index in [1.54, 1.807) is 18.2 Å². The Hall–Kier alpha value is -1.94. The van der Waals surface area contributed by atoms with Crippen LogP contribution in [0.25, 0.3) is 0 Å². The normalized spacial score (nSPS) is 11.9. The molecule has 10 heteroatoms. The van der Waals surface area contributed by atoms with Gasteiger partial charge in [-0.3, -0.25) is 9.48 Å². The van der Waals surface area contributed by atoms with Gasteiger partial charge in [0.1, 0.15) is 6.61 Å². The van der Waals surface area contributed by atoms with Crippen LogP contribution < -0.4 is 5.32 Å². The summed E-state index contributed by atoms with van der Waals surface area (Å²) in [5.41, 5.74) is 2.69. The smallest absolute Gasteiger partial charge is 0.330 e. The highest BCUT2D eigenvalue weighted by atomic mass is 79.9. The number of aryl methyl sites for hydroxylation is 2. The van der Waals surface area contributed by atoms with E-state index < -0.39 is 19.0 Å². The van der Waals surface area contributed by atoms with Gasteiger partial charge in [-0.15, -0.1) is 0 Å². The van der Waals surface area contributed by atoms with Crippen molar-refractivity contribution in [3.8, 4) is 0 Å². The van der Waals surface area contributed by atoms with Crippen molar-refractivity contribution in [2.75, 3.05) is 13.2 Å². The third kappa shape index (κ3) is 6.53. The van der Waals surface area contributed by atoms with Crippen LogP contribution >= 0.6 is 15.9 Å². The molecule has 0 aliphatic carbocycles. The number of hydrogen-bond donors (Lipinski definition) is 1. The number of rotatable bonds is 10. The first-order valence-electron chi connectivity index (χ1n) is 8.92. The van der Waals surface area contributed by atoms with Crippen LogP contribution in [0.1, 0.15) is 33.7 Å². The van der Waals surface area contributed by atoms with Crippen LogP contribution in [0, 0.1) is 13.8 Å². The molecule has 1 aromatic carbocycles. The van der Waals surface area contributed by atoms with Gasteiger partial charge >= 0.3 is 12.3 Å². The minimum atomic E-state index is -4.20. The molecule has 0 aliphatic heterocycles. The summed E-state index contributed by atoms with van der Waals surface area (Å²) in [6.07, 6.45) is -3.11. The van der Waals surface area contributed by atoms with Gasteiger partial charge in [0.25, 0.3) is 5.91 Å². The number of nitrogens with zero attached hydrogens (tertiary/aromatic N) is 2. The van der Waals surface area contributed by atoms with Crippen LogP contribution in [0.5, 0.6) is 0 Å². The summed E-state index contributed by atoms with van der Waals surface area (Å²) in [4.78, 5) is 12.3. The molecule has 0 bridgehead atoms. The Morgan fingerprint density at radius 3 is 2.69 bits per heavy atom. The first-order valence-corrected chi connectivity index (χ1v) is 9.71. The van der Waals surface area contributed by atoms with Crippen LogP contribution in [0.3, 0.4) is 0 Å². The first kappa shape index (κ1) is 23.3. The molecule has 0 spiro atoms. The van der Waals surface area contributed by atoms with E-state index in [9.17, 15) is 22.4 Å². The molecule has 0 fully saturated rings. The molecule has 0 unspecified atom stereocenters. The van der Waals surface area contributed by atoms with E-state index >= 15 is 0 Å². The molecule has 1 aromatic heterocycles. The molecule has 0 atom stereocenters. The number of hydrogen-bond acceptors (Lipinski definition) is 3. The Morgan fingerprint density at radius 1 is 1.34 bits per heavy atom. The van der Waals surface area contributed by atoms with Gasteiger partial charge in [-0.05, 0) is 53.9 Å². The zero-order valence-electron chi connectivity index (χ0n) is 16.0. The van der Waals surface area contributed by atoms with E-state index in [2.05, 4.69) is 31.1 Å². The maximum absolute atomic E-state index is 12.9. The Bertz CT molecular complexity index is 843. The Labute approximate surface area is 174 Å². The van der Waals surface area contributed by atoms with Crippen molar-refractivity contribution in [2.45, 2.75) is 45.8 Å². The Kier molecular flexibility index (Phi) is 8.21. The second-order valence-corrected chi connectivity index (χ2v) is 7.37. The third-order valence-electron chi connectivity index (χ3n) is 4.20. The van der Waals surface area contributed by atoms with Crippen molar-refractivity contribution < 1.29 is 27.1 Å². The Balaban J connectivity index is 1.80. The van der Waals surface area contributed by atoms with Gasteiger partial charge in [-0.1, -0.05) is 12.1 Å². The fourth-order valence-corrected chi connectivity index (χ4v) is 2.88. The minimum Gasteiger partial charge on any atom is -0.370 e. The van der Waals surface area contributed by atoms with Crippen molar-refractivity contribution in [3.05, 3.63) is 51.3 Å². The number of nitrogens with one attached hydrogen (secondary N) is 1. The standard InChI is InChI=1S/C19H22BrF4N3O2/c1-12-16(20)13(2)27(26-12)8-4-7-25-17(28)15-6-3-5-14(9-15)10-29-11-19(23,24)18(21)22/h3,5-6,9,18H,4,7-8,10-11H2,1-2H3,(H,25,28). The van der Waals surface area contributed by atoms with E-state index in [0.29, 0.717) is 30.6 Å². The number of carbonyl (C=O) groups is 1. The molecule has 5 nitrogen and oxygen atoms in total. The van der Waals surface area contributed by atoms with E-state index in [1.165, 1.54) is 6.07 Å². The fraction of sp³-hybridized carbons (Fsp3) is 0.474. The van der Waals surface area contributed by atoms with Crippen molar-refractivity contribution >= 4 is 21.8 Å². The lowest BCUT2D eigenvalue weighted by molar-refractivity contribution is -0.168. The van der Waals surface area contributed by atoms with Gasteiger partial charge in [0, 0.05) is 24.3 Å². The van der Waals surface area contributed by atoms with Gasteiger partial charge in [0.2, 0.25) is 0 Å². The van der Waals surface area contributed by atoms with Crippen molar-refractivity contribution in [3.63, 3.8) is 0 Å². The molecule has 2 aromatic rings. The number of carbonyl (C=O) groups excluding carboxylic acids is 1. The summed E-state index contributed by atoms with van der Waals surface area (Å²) in [5.74, 6) is -4.52. The van der Waals surface area contributed by atoms with Crippen LogP contribution in [-0.4, -0.2) is 41.2 Å². The summed E-state index contributed by atoms with van der Waals surface area (Å²) in [5, 5.41) is 7.18. The quantitative estimate of drug-likeness (QED) is 0.403. The van der Waals surface area contributed by atoms with Crippen LogP contribution in [0.15, 0.2) is 28.7 Å². The monoisotopic (exact) mass is 479 g/mol. The molecule has 0 radical (unpaired) electrons. The molecule has 0 saturated heterocycles. The summed E-state index contributed by atoms with van der Waals surface area (Å²) in [6.45, 7) is 3.24. The van der Waals surface area contributed by atoms with Crippen molar-refractivity contribution in [1.29, 1.82) is 0 Å². The predicted octanol–water partition coefficient (Wildman–Crippen LogP) is 4.50. The van der Waals surface area contributed by atoms with Gasteiger partial charge < -0.3 is 10.1 Å². The number of aromatic nitrogens is 2. The maximum Gasteiger partial charge on any atom is 0.330 e. The van der Waals surface area contributed by atoms with Crippen LogP contribution in [0.4, 0.5) is 17.6 Å². The molecule has 1 heterocycles. The highest BCUT2D eigenvalue weighted by Gasteiger charge is 2.40. The third-order valence-corrected chi connectivity index (χ3v) is 5.34. The van der Waals surface area contributed by atoms with Crippen molar-refractivity contribution in [2.24, 2.45) is 0 Å².